The molecule has 0 saturated carbocycles. The van der Waals surface area contributed by atoms with Crippen molar-refractivity contribution in [3.8, 4) is 22.4 Å². The Hall–Kier alpha value is -2.23. The Morgan fingerprint density at radius 2 is 1.88 bits per heavy atom. The number of H-pyrrole nitrogens is 1. The predicted octanol–water partition coefficient (Wildman–Crippen LogP) is 5.54. The van der Waals surface area contributed by atoms with Gasteiger partial charge in [-0.3, -0.25) is 0 Å². The Balaban J connectivity index is 2.01. The summed E-state index contributed by atoms with van der Waals surface area (Å²) in [6.45, 7) is 0. The third kappa shape index (κ3) is 2.64. The average Bonchev–Trinajstić information content (AvgIpc) is 3.01. The van der Waals surface area contributed by atoms with Gasteiger partial charge < -0.3 is 9.72 Å². The molecule has 0 spiro atoms. The lowest BCUT2D eigenvalue weighted by Gasteiger charge is -2.17. The molecule has 0 amide bonds. The van der Waals surface area contributed by atoms with Gasteiger partial charge in [-0.05, 0) is 36.1 Å². The lowest BCUT2D eigenvalue weighted by molar-refractivity contribution is 0.0596. The van der Waals surface area contributed by atoms with Gasteiger partial charge >= 0.3 is 5.97 Å². The van der Waals surface area contributed by atoms with Crippen LogP contribution in [-0.4, -0.2) is 18.1 Å². The molecule has 0 unspecified atom stereocenters. The highest BCUT2D eigenvalue weighted by Gasteiger charge is 2.28. The molecule has 5 heteroatoms. The van der Waals surface area contributed by atoms with Crippen LogP contribution in [0.5, 0.6) is 0 Å². The largest absolute Gasteiger partial charge is 0.464 e. The zero-order valence-electron chi connectivity index (χ0n) is 13.5. The minimum Gasteiger partial charge on any atom is -0.464 e. The van der Waals surface area contributed by atoms with Crippen molar-refractivity contribution in [3.05, 3.63) is 69.3 Å². The summed E-state index contributed by atoms with van der Waals surface area (Å²) in [6, 6.07) is 13.5. The zero-order valence-corrected chi connectivity index (χ0v) is 15.0. The second-order valence-electron chi connectivity index (χ2n) is 6.00. The third-order valence-electron chi connectivity index (χ3n) is 4.62. The second-order valence-corrected chi connectivity index (χ2v) is 6.85. The maximum atomic E-state index is 12.4. The van der Waals surface area contributed by atoms with Crippen LogP contribution < -0.4 is 0 Å². The highest BCUT2D eigenvalue weighted by Crippen LogP contribution is 2.43. The van der Waals surface area contributed by atoms with E-state index >= 15 is 0 Å². The molecule has 1 aliphatic rings. The molecule has 0 fully saturated rings. The first-order valence-electron chi connectivity index (χ1n) is 7.97. The molecule has 4 rings (SSSR count). The molecule has 3 aromatic rings. The monoisotopic (exact) mass is 371 g/mol. The average molecular weight is 372 g/mol. The molecular formula is C20H15Cl2NO2. The van der Waals surface area contributed by atoms with E-state index in [4.69, 9.17) is 27.9 Å². The number of rotatable bonds is 2. The maximum absolute atomic E-state index is 12.4. The normalized spacial score (nSPS) is 12.4. The van der Waals surface area contributed by atoms with Crippen LogP contribution in [0.3, 0.4) is 0 Å². The summed E-state index contributed by atoms with van der Waals surface area (Å²) in [7, 11) is 1.38. The SMILES string of the molecule is COC(=O)c1[nH]c2c(c1-c1ccc(Cl)cc1Cl)CCc1ccccc1-2. The van der Waals surface area contributed by atoms with Gasteiger partial charge in [-0.2, -0.15) is 0 Å². The number of hydrogen-bond acceptors (Lipinski definition) is 2. The van der Waals surface area contributed by atoms with Crippen LogP contribution in [0.2, 0.25) is 10.0 Å². The Bertz CT molecular complexity index is 991. The molecular weight excluding hydrogens is 357 g/mol. The van der Waals surface area contributed by atoms with Crippen LogP contribution >= 0.6 is 23.2 Å². The van der Waals surface area contributed by atoms with E-state index in [2.05, 4.69) is 17.1 Å². The highest BCUT2D eigenvalue weighted by atomic mass is 35.5. The van der Waals surface area contributed by atoms with E-state index in [0.29, 0.717) is 15.7 Å². The van der Waals surface area contributed by atoms with E-state index in [1.165, 1.54) is 12.7 Å². The Labute approximate surface area is 155 Å². The molecule has 3 nitrogen and oxygen atoms in total. The number of methoxy groups -OCH3 is 1. The fourth-order valence-electron chi connectivity index (χ4n) is 3.51. The van der Waals surface area contributed by atoms with E-state index in [-0.39, 0.29) is 0 Å². The molecule has 1 N–H and O–H groups in total. The molecule has 2 aromatic carbocycles. The Kier molecular flexibility index (Phi) is 4.06. The summed E-state index contributed by atoms with van der Waals surface area (Å²) >= 11 is 12.5. The van der Waals surface area contributed by atoms with E-state index in [1.54, 1.807) is 12.1 Å². The fraction of sp³-hybridized carbons (Fsp3) is 0.150. The number of carbonyl (C=O) groups is 1. The van der Waals surface area contributed by atoms with Gasteiger partial charge in [0.15, 0.2) is 0 Å². The molecule has 1 heterocycles. The van der Waals surface area contributed by atoms with Gasteiger partial charge in [-0.25, -0.2) is 4.79 Å². The van der Waals surface area contributed by atoms with Gasteiger partial charge in [0.1, 0.15) is 5.69 Å². The summed E-state index contributed by atoms with van der Waals surface area (Å²) in [5.41, 5.74) is 6.44. The molecule has 0 atom stereocenters. The van der Waals surface area contributed by atoms with E-state index in [1.807, 2.05) is 18.2 Å². The topological polar surface area (TPSA) is 42.1 Å². The fourth-order valence-corrected chi connectivity index (χ4v) is 4.01. The number of aryl methyl sites for hydroxylation is 1. The van der Waals surface area contributed by atoms with Crippen molar-refractivity contribution < 1.29 is 9.53 Å². The van der Waals surface area contributed by atoms with Crippen molar-refractivity contribution in [2.45, 2.75) is 12.8 Å². The summed E-state index contributed by atoms with van der Waals surface area (Å²) < 4.78 is 4.99. The number of hydrogen-bond donors (Lipinski definition) is 1. The quantitative estimate of drug-likeness (QED) is 0.600. The van der Waals surface area contributed by atoms with Gasteiger partial charge in [0.2, 0.25) is 0 Å². The van der Waals surface area contributed by atoms with Crippen molar-refractivity contribution in [1.82, 2.24) is 4.98 Å². The van der Waals surface area contributed by atoms with Gasteiger partial charge in [0, 0.05) is 26.7 Å². The van der Waals surface area contributed by atoms with Crippen LogP contribution in [0.25, 0.3) is 22.4 Å². The predicted molar refractivity (Wildman–Crippen MR) is 100 cm³/mol. The first kappa shape index (κ1) is 16.2. The first-order chi connectivity index (χ1) is 12.1. The minimum atomic E-state index is -0.409. The van der Waals surface area contributed by atoms with Gasteiger partial charge in [0.25, 0.3) is 0 Å². The number of halogens is 2. The molecule has 0 radical (unpaired) electrons. The molecule has 1 aromatic heterocycles. The van der Waals surface area contributed by atoms with Crippen molar-refractivity contribution in [2.24, 2.45) is 0 Å². The summed E-state index contributed by atoms with van der Waals surface area (Å²) in [6.07, 6.45) is 1.74. The molecule has 0 bridgehead atoms. The summed E-state index contributed by atoms with van der Waals surface area (Å²) in [5, 5.41) is 1.07. The first-order valence-corrected chi connectivity index (χ1v) is 8.72. The number of nitrogens with one attached hydrogen (secondary N) is 1. The minimum absolute atomic E-state index is 0.409. The standard InChI is InChI=1S/C20H15Cl2NO2/c1-25-20(24)19-17(14-9-7-12(21)10-16(14)22)15-8-6-11-4-2-3-5-13(11)18(15)23-19/h2-5,7,9-10,23H,6,8H2,1H3. The zero-order chi connectivity index (χ0) is 17.6. The molecule has 0 aliphatic heterocycles. The molecule has 0 saturated heterocycles. The number of fused-ring (bicyclic) bond motifs is 3. The number of ether oxygens (including phenoxy) is 1. The summed E-state index contributed by atoms with van der Waals surface area (Å²) in [4.78, 5) is 15.7. The number of aromatic amines is 1. The van der Waals surface area contributed by atoms with E-state index < -0.39 is 5.97 Å². The van der Waals surface area contributed by atoms with Crippen LogP contribution in [0, 0.1) is 0 Å². The lowest BCUT2D eigenvalue weighted by Crippen LogP contribution is -2.04. The van der Waals surface area contributed by atoms with Crippen LogP contribution in [0.15, 0.2) is 42.5 Å². The van der Waals surface area contributed by atoms with Gasteiger partial charge in [0.05, 0.1) is 12.8 Å². The smallest absolute Gasteiger partial charge is 0.355 e. The van der Waals surface area contributed by atoms with Crippen molar-refractivity contribution in [1.29, 1.82) is 0 Å². The Morgan fingerprint density at radius 1 is 1.08 bits per heavy atom. The molecule has 1 aliphatic carbocycles. The second kappa shape index (κ2) is 6.25. The van der Waals surface area contributed by atoms with Crippen LogP contribution in [0.4, 0.5) is 0 Å². The number of aromatic nitrogens is 1. The van der Waals surface area contributed by atoms with Gasteiger partial charge in [-0.1, -0.05) is 53.5 Å². The van der Waals surface area contributed by atoms with Crippen molar-refractivity contribution >= 4 is 29.2 Å². The van der Waals surface area contributed by atoms with E-state index in [9.17, 15) is 4.79 Å². The third-order valence-corrected chi connectivity index (χ3v) is 5.17. The number of benzene rings is 2. The van der Waals surface area contributed by atoms with Crippen LogP contribution in [-0.2, 0) is 17.6 Å². The summed E-state index contributed by atoms with van der Waals surface area (Å²) in [5.74, 6) is -0.409. The maximum Gasteiger partial charge on any atom is 0.355 e. The Morgan fingerprint density at radius 3 is 2.64 bits per heavy atom. The van der Waals surface area contributed by atoms with Crippen molar-refractivity contribution in [2.75, 3.05) is 7.11 Å². The highest BCUT2D eigenvalue weighted by molar-refractivity contribution is 6.36. The van der Waals surface area contributed by atoms with Crippen LogP contribution in [0.1, 0.15) is 21.6 Å². The lowest BCUT2D eigenvalue weighted by atomic mass is 9.87. The molecule has 126 valence electrons. The molecule has 25 heavy (non-hydrogen) atoms. The number of esters is 1. The number of carbonyl (C=O) groups excluding carboxylic acids is 1. The van der Waals surface area contributed by atoms with Gasteiger partial charge in [-0.15, -0.1) is 0 Å². The van der Waals surface area contributed by atoms with Crippen molar-refractivity contribution in [3.63, 3.8) is 0 Å². The van der Waals surface area contributed by atoms with E-state index in [0.717, 1.165) is 40.8 Å².